The van der Waals surface area contributed by atoms with E-state index in [1.807, 2.05) is 4.57 Å². The number of carbonyl (C=O) groups excluding carboxylic acids is 1. The lowest BCUT2D eigenvalue weighted by molar-refractivity contribution is -0.252. The molecule has 5 N–H and O–H groups in total. The molecule has 3 aromatic rings. The Bertz CT molecular complexity index is 1200. The van der Waals surface area contributed by atoms with Gasteiger partial charge in [0.2, 0.25) is 0 Å². The number of rotatable bonds is 6. The Labute approximate surface area is 205 Å². The molecule has 0 bridgehead atoms. The number of aromatic nitrogens is 1. The third-order valence-corrected chi connectivity index (χ3v) is 6.48. The van der Waals surface area contributed by atoms with E-state index in [9.17, 15) is 25.2 Å². The second kappa shape index (κ2) is 10.1. The monoisotopic (exact) mass is 510 g/mol. The average Bonchev–Trinajstić information content (AvgIpc) is 3.18. The molecule has 1 amide bonds. The summed E-state index contributed by atoms with van der Waals surface area (Å²) >= 11 is 12.5. The van der Waals surface area contributed by atoms with Crippen LogP contribution in [0.25, 0.3) is 10.9 Å². The molecular formula is C23H24Cl2N2O7. The van der Waals surface area contributed by atoms with Crippen LogP contribution < -0.4 is 10.1 Å². The Balaban J connectivity index is 1.68. The normalized spacial score (nSPS) is 24.9. The first-order valence-corrected chi connectivity index (χ1v) is 11.2. The van der Waals surface area contributed by atoms with Crippen LogP contribution in [0.15, 0.2) is 42.6 Å². The zero-order valence-electron chi connectivity index (χ0n) is 18.1. The van der Waals surface area contributed by atoms with E-state index in [0.717, 1.165) is 5.56 Å². The van der Waals surface area contributed by atoms with Gasteiger partial charge in [0.1, 0.15) is 30.1 Å². The van der Waals surface area contributed by atoms with E-state index < -0.39 is 43.2 Å². The summed E-state index contributed by atoms with van der Waals surface area (Å²) in [6, 6.07) is 8.99. The minimum Gasteiger partial charge on any atom is -0.497 e. The quantitative estimate of drug-likeness (QED) is 0.339. The predicted molar refractivity (Wildman–Crippen MR) is 125 cm³/mol. The molecule has 1 saturated heterocycles. The van der Waals surface area contributed by atoms with E-state index in [4.69, 9.17) is 32.7 Å². The minimum atomic E-state index is -1.63. The first-order valence-electron chi connectivity index (χ1n) is 10.5. The number of methoxy groups -OCH3 is 1. The topological polar surface area (TPSA) is 133 Å². The highest BCUT2D eigenvalue weighted by molar-refractivity contribution is 6.33. The van der Waals surface area contributed by atoms with Crippen molar-refractivity contribution < 1.29 is 34.7 Å². The highest BCUT2D eigenvalue weighted by Crippen LogP contribution is 2.29. The molecule has 2 aromatic carbocycles. The Morgan fingerprint density at radius 2 is 1.91 bits per heavy atom. The van der Waals surface area contributed by atoms with Crippen LogP contribution in [0.5, 0.6) is 5.75 Å². The molecule has 0 radical (unpaired) electrons. The van der Waals surface area contributed by atoms with E-state index in [0.29, 0.717) is 33.2 Å². The van der Waals surface area contributed by atoms with Gasteiger partial charge in [-0.2, -0.15) is 0 Å². The van der Waals surface area contributed by atoms with Crippen LogP contribution in [0, 0.1) is 0 Å². The summed E-state index contributed by atoms with van der Waals surface area (Å²) in [5, 5.41) is 44.1. The van der Waals surface area contributed by atoms with Crippen LogP contribution in [-0.4, -0.2) is 75.3 Å². The maximum absolute atomic E-state index is 13.2. The van der Waals surface area contributed by atoms with Gasteiger partial charge in [-0.1, -0.05) is 23.2 Å². The molecule has 11 heteroatoms. The summed E-state index contributed by atoms with van der Waals surface area (Å²) in [7, 11) is 1.53. The van der Waals surface area contributed by atoms with Gasteiger partial charge >= 0.3 is 0 Å². The van der Waals surface area contributed by atoms with Crippen LogP contribution >= 0.6 is 23.2 Å². The van der Waals surface area contributed by atoms with Crippen molar-refractivity contribution in [3.8, 4) is 5.75 Å². The lowest BCUT2D eigenvalue weighted by Crippen LogP contribution is -2.64. The van der Waals surface area contributed by atoms with E-state index in [1.54, 1.807) is 42.6 Å². The number of aliphatic hydroxyl groups is 4. The van der Waals surface area contributed by atoms with E-state index in [2.05, 4.69) is 5.32 Å². The Hall–Kier alpha value is -2.37. The molecule has 0 saturated carbocycles. The third kappa shape index (κ3) is 4.73. The van der Waals surface area contributed by atoms with Crippen LogP contribution in [0.2, 0.25) is 10.0 Å². The van der Waals surface area contributed by atoms with Gasteiger partial charge in [-0.05, 0) is 35.9 Å². The maximum Gasteiger partial charge on any atom is 0.253 e. The summed E-state index contributed by atoms with van der Waals surface area (Å²) in [5.41, 5.74) is 1.68. The van der Waals surface area contributed by atoms with Gasteiger partial charge in [0.15, 0.2) is 6.29 Å². The van der Waals surface area contributed by atoms with E-state index >= 15 is 0 Å². The van der Waals surface area contributed by atoms with Crippen LogP contribution in [-0.2, 0) is 11.3 Å². The molecule has 2 heterocycles. The van der Waals surface area contributed by atoms with Gasteiger partial charge in [-0.15, -0.1) is 0 Å². The Kier molecular flexibility index (Phi) is 7.34. The van der Waals surface area contributed by atoms with Gasteiger partial charge < -0.3 is 39.8 Å². The van der Waals surface area contributed by atoms with Crippen molar-refractivity contribution in [1.82, 2.24) is 9.88 Å². The predicted octanol–water partition coefficient (Wildman–Crippen LogP) is 1.53. The lowest BCUT2D eigenvalue weighted by Gasteiger charge is -2.40. The summed E-state index contributed by atoms with van der Waals surface area (Å²) in [4.78, 5) is 13.2. The van der Waals surface area contributed by atoms with Crippen LogP contribution in [0.4, 0.5) is 0 Å². The first-order chi connectivity index (χ1) is 16.2. The van der Waals surface area contributed by atoms with Gasteiger partial charge in [0.25, 0.3) is 5.91 Å². The SMILES string of the molecule is COc1ccc2c(C(=O)N[C@H]3C(O)OC(CO)[C@@H](O)C3O)cn(Cc3cc(Cl)ccc3Cl)c2c1. The van der Waals surface area contributed by atoms with Gasteiger partial charge in [0.05, 0.1) is 24.8 Å². The van der Waals surface area contributed by atoms with Crippen molar-refractivity contribution >= 4 is 40.0 Å². The van der Waals surface area contributed by atoms with Gasteiger partial charge in [-0.25, -0.2) is 0 Å². The molecule has 182 valence electrons. The van der Waals surface area contributed by atoms with Crippen LogP contribution in [0.3, 0.4) is 0 Å². The third-order valence-electron chi connectivity index (χ3n) is 5.88. The second-order valence-corrected chi connectivity index (χ2v) is 8.86. The summed E-state index contributed by atoms with van der Waals surface area (Å²) in [6.45, 7) is -0.289. The van der Waals surface area contributed by atoms with Crippen molar-refractivity contribution in [2.24, 2.45) is 0 Å². The number of halogens is 2. The second-order valence-electron chi connectivity index (χ2n) is 8.02. The molecule has 4 rings (SSSR count). The van der Waals surface area contributed by atoms with Crippen molar-refractivity contribution in [1.29, 1.82) is 0 Å². The molecular weight excluding hydrogens is 487 g/mol. The molecule has 0 spiro atoms. The van der Waals surface area contributed by atoms with Crippen LogP contribution in [0.1, 0.15) is 15.9 Å². The number of hydrogen-bond acceptors (Lipinski definition) is 7. The summed E-state index contributed by atoms with van der Waals surface area (Å²) < 4.78 is 12.3. The number of ether oxygens (including phenoxy) is 2. The van der Waals surface area contributed by atoms with Gasteiger partial charge in [0, 0.05) is 34.2 Å². The number of hydrogen-bond donors (Lipinski definition) is 5. The fraction of sp³-hybridized carbons (Fsp3) is 0.348. The number of carbonyl (C=O) groups is 1. The fourth-order valence-corrected chi connectivity index (χ4v) is 4.41. The maximum atomic E-state index is 13.2. The van der Waals surface area contributed by atoms with E-state index in [-0.39, 0.29) is 5.56 Å². The molecule has 34 heavy (non-hydrogen) atoms. The minimum absolute atomic E-state index is 0.258. The Morgan fingerprint density at radius 1 is 1.15 bits per heavy atom. The smallest absolute Gasteiger partial charge is 0.253 e. The number of nitrogens with one attached hydrogen (secondary N) is 1. The lowest BCUT2D eigenvalue weighted by atomic mass is 9.96. The first kappa shape index (κ1) is 24.7. The molecule has 3 unspecified atom stereocenters. The molecule has 9 nitrogen and oxygen atoms in total. The zero-order valence-corrected chi connectivity index (χ0v) is 19.6. The number of fused-ring (bicyclic) bond motifs is 1. The molecule has 1 aliphatic heterocycles. The molecule has 5 atom stereocenters. The summed E-state index contributed by atoms with van der Waals surface area (Å²) in [6.07, 6.45) is -4.22. The van der Waals surface area contributed by atoms with Gasteiger partial charge in [-0.3, -0.25) is 4.79 Å². The van der Waals surface area contributed by atoms with Crippen molar-refractivity contribution in [2.45, 2.75) is 37.2 Å². The molecule has 0 aliphatic carbocycles. The van der Waals surface area contributed by atoms with Crippen molar-refractivity contribution in [3.63, 3.8) is 0 Å². The fourth-order valence-electron chi connectivity index (χ4n) is 4.04. The summed E-state index contributed by atoms with van der Waals surface area (Å²) in [5.74, 6) is -0.0202. The molecule has 1 fully saturated rings. The number of nitrogens with zero attached hydrogens (tertiary/aromatic N) is 1. The highest BCUT2D eigenvalue weighted by atomic mass is 35.5. The molecule has 1 aromatic heterocycles. The van der Waals surface area contributed by atoms with E-state index in [1.165, 1.54) is 7.11 Å². The van der Waals surface area contributed by atoms with Crippen molar-refractivity contribution in [3.05, 3.63) is 63.8 Å². The molecule has 1 aliphatic rings. The van der Waals surface area contributed by atoms with Crippen molar-refractivity contribution in [2.75, 3.05) is 13.7 Å². The Morgan fingerprint density at radius 3 is 2.62 bits per heavy atom. The number of benzene rings is 2. The largest absolute Gasteiger partial charge is 0.497 e. The number of amides is 1. The average molecular weight is 511 g/mol. The standard InChI is InChI=1S/C23H24Cl2N2O7/c1-33-13-3-4-14-15(22(31)26-19-21(30)20(29)18(10-28)34-23(19)32)9-27(17(14)7-13)8-11-6-12(24)2-5-16(11)25/h2-7,9,18-21,23,28-30,32H,8,10H2,1H3,(H,26,31)/t18?,19-,20-,21?,23?/m1/s1. The zero-order chi connectivity index (χ0) is 24.6. The number of aliphatic hydroxyl groups excluding tert-OH is 4. The highest BCUT2D eigenvalue weighted by Gasteiger charge is 2.44.